The molecule has 0 radical (unpaired) electrons. The van der Waals surface area contributed by atoms with Gasteiger partial charge in [0.2, 0.25) is 5.91 Å². The van der Waals surface area contributed by atoms with Crippen LogP contribution in [0.2, 0.25) is 0 Å². The highest BCUT2D eigenvalue weighted by Crippen LogP contribution is 2.29. The molecule has 0 aliphatic carbocycles. The van der Waals surface area contributed by atoms with Crippen LogP contribution in [0.25, 0.3) is 6.08 Å². The molecule has 220 valence electrons. The largest absolute Gasteiger partial charge is 0.496 e. The number of benzene rings is 4. The topological polar surface area (TPSA) is 96.5 Å². The van der Waals surface area contributed by atoms with Crippen molar-refractivity contribution in [1.82, 2.24) is 5.32 Å². The molecule has 8 heteroatoms. The minimum absolute atomic E-state index is 0.0516. The van der Waals surface area contributed by atoms with E-state index in [4.69, 9.17) is 4.74 Å². The summed E-state index contributed by atoms with van der Waals surface area (Å²) in [6, 6.07) is 29.2. The fourth-order valence-electron chi connectivity index (χ4n) is 4.30. The lowest BCUT2D eigenvalue weighted by Gasteiger charge is -2.17. The zero-order valence-corrected chi connectivity index (χ0v) is 25.5. The van der Waals surface area contributed by atoms with Crippen molar-refractivity contribution in [2.45, 2.75) is 37.3 Å². The Morgan fingerprint density at radius 3 is 2.35 bits per heavy atom. The molecular formula is C35H35N3O4S. The molecule has 7 nitrogen and oxygen atoms in total. The van der Waals surface area contributed by atoms with E-state index in [1.165, 1.54) is 11.8 Å². The first kappa shape index (κ1) is 31.1. The highest BCUT2D eigenvalue weighted by atomic mass is 32.2. The highest BCUT2D eigenvalue weighted by Gasteiger charge is 2.20. The Balaban J connectivity index is 1.53. The standard InChI is InChI=1S/C35H35N3O4S/c1-5-32(35(41)37-29-20-23(2)18-19-24(29)3)43-28-16-11-15-27(22-28)36-34(40)30(21-26-14-9-10-17-31(26)42-4)38-33(39)25-12-7-6-8-13-25/h6-22,32H,5H2,1-4H3,(H,36,40)(H,37,41)(H,38,39)/b30-21+. The summed E-state index contributed by atoms with van der Waals surface area (Å²) in [5.74, 6) is -0.440. The number of para-hydroxylation sites is 1. The molecule has 0 spiro atoms. The Morgan fingerprint density at radius 2 is 1.60 bits per heavy atom. The lowest BCUT2D eigenvalue weighted by atomic mass is 10.1. The van der Waals surface area contributed by atoms with Crippen molar-refractivity contribution >= 4 is 46.9 Å². The minimum atomic E-state index is -0.503. The number of anilines is 2. The number of carbonyl (C=O) groups is 3. The van der Waals surface area contributed by atoms with Crippen LogP contribution in [0.5, 0.6) is 5.75 Å². The Kier molecular flexibility index (Phi) is 10.8. The number of carbonyl (C=O) groups excluding carboxylic acids is 3. The molecule has 4 aromatic carbocycles. The van der Waals surface area contributed by atoms with E-state index < -0.39 is 11.8 Å². The van der Waals surface area contributed by atoms with Crippen molar-refractivity contribution in [3.05, 3.63) is 125 Å². The van der Waals surface area contributed by atoms with E-state index in [2.05, 4.69) is 16.0 Å². The molecule has 0 aromatic heterocycles. The summed E-state index contributed by atoms with van der Waals surface area (Å²) >= 11 is 1.43. The average molecular weight is 594 g/mol. The van der Waals surface area contributed by atoms with Gasteiger partial charge in [-0.1, -0.05) is 61.5 Å². The van der Waals surface area contributed by atoms with E-state index in [0.29, 0.717) is 29.0 Å². The van der Waals surface area contributed by atoms with Gasteiger partial charge in [0.25, 0.3) is 11.8 Å². The van der Waals surface area contributed by atoms with Crippen LogP contribution in [-0.4, -0.2) is 30.1 Å². The predicted octanol–water partition coefficient (Wildman–Crippen LogP) is 7.23. The molecule has 1 unspecified atom stereocenters. The van der Waals surface area contributed by atoms with Gasteiger partial charge in [0.15, 0.2) is 0 Å². The Labute approximate surface area is 256 Å². The third-order valence-corrected chi connectivity index (χ3v) is 8.01. The Morgan fingerprint density at radius 1 is 0.860 bits per heavy atom. The van der Waals surface area contributed by atoms with E-state index in [1.807, 2.05) is 75.4 Å². The predicted molar refractivity (Wildman–Crippen MR) is 174 cm³/mol. The van der Waals surface area contributed by atoms with E-state index in [0.717, 1.165) is 21.7 Å². The first-order valence-corrected chi connectivity index (χ1v) is 14.8. The van der Waals surface area contributed by atoms with E-state index in [1.54, 1.807) is 55.7 Å². The zero-order chi connectivity index (χ0) is 30.8. The molecule has 4 aromatic rings. The summed E-state index contributed by atoms with van der Waals surface area (Å²) in [4.78, 5) is 40.5. The quantitative estimate of drug-likeness (QED) is 0.126. The number of hydrogen-bond donors (Lipinski definition) is 3. The van der Waals surface area contributed by atoms with E-state index in [9.17, 15) is 14.4 Å². The molecule has 0 aliphatic heterocycles. The fourth-order valence-corrected chi connectivity index (χ4v) is 5.31. The number of rotatable bonds is 11. The molecule has 0 fully saturated rings. The SMILES string of the molecule is CCC(Sc1cccc(NC(=O)/C(=C\c2ccccc2OC)NC(=O)c2ccccc2)c1)C(=O)Nc1cc(C)ccc1C. The second-order valence-electron chi connectivity index (χ2n) is 9.92. The highest BCUT2D eigenvalue weighted by molar-refractivity contribution is 8.00. The number of methoxy groups -OCH3 is 1. The molecule has 0 heterocycles. The maximum absolute atomic E-state index is 13.5. The van der Waals surface area contributed by atoms with Crippen LogP contribution in [0, 0.1) is 13.8 Å². The molecule has 0 aliphatic rings. The fraction of sp³-hybridized carbons (Fsp3) is 0.171. The first-order chi connectivity index (χ1) is 20.8. The molecule has 0 saturated heterocycles. The molecule has 0 saturated carbocycles. The Hall–Kier alpha value is -4.82. The van der Waals surface area contributed by atoms with Crippen LogP contribution in [0.3, 0.4) is 0 Å². The smallest absolute Gasteiger partial charge is 0.272 e. The number of hydrogen-bond acceptors (Lipinski definition) is 5. The number of thioether (sulfide) groups is 1. The second kappa shape index (κ2) is 14.9. The summed E-state index contributed by atoms with van der Waals surface area (Å²) in [5, 5.41) is 8.37. The van der Waals surface area contributed by atoms with Crippen LogP contribution in [-0.2, 0) is 9.59 Å². The summed E-state index contributed by atoms with van der Waals surface area (Å²) < 4.78 is 5.44. The maximum Gasteiger partial charge on any atom is 0.272 e. The van der Waals surface area contributed by atoms with Crippen molar-refractivity contribution in [2.75, 3.05) is 17.7 Å². The number of aryl methyl sites for hydroxylation is 2. The van der Waals surface area contributed by atoms with Gasteiger partial charge in [0.1, 0.15) is 11.4 Å². The van der Waals surface area contributed by atoms with Crippen LogP contribution in [0.1, 0.15) is 40.4 Å². The van der Waals surface area contributed by atoms with E-state index >= 15 is 0 Å². The minimum Gasteiger partial charge on any atom is -0.496 e. The Bertz CT molecular complexity index is 1640. The van der Waals surface area contributed by atoms with Gasteiger partial charge in [-0.2, -0.15) is 0 Å². The molecule has 4 rings (SSSR count). The summed E-state index contributed by atoms with van der Waals surface area (Å²) in [5.41, 5.74) is 4.51. The van der Waals surface area contributed by atoms with Gasteiger partial charge in [0.05, 0.1) is 12.4 Å². The van der Waals surface area contributed by atoms with Gasteiger partial charge in [-0.3, -0.25) is 14.4 Å². The van der Waals surface area contributed by atoms with Gasteiger partial charge in [-0.15, -0.1) is 11.8 Å². The summed E-state index contributed by atoms with van der Waals surface area (Å²) in [6.07, 6.45) is 2.20. The van der Waals surface area contributed by atoms with Crippen LogP contribution >= 0.6 is 11.8 Å². The monoisotopic (exact) mass is 593 g/mol. The molecule has 0 bridgehead atoms. The van der Waals surface area contributed by atoms with Gasteiger partial charge in [-0.25, -0.2) is 0 Å². The summed E-state index contributed by atoms with van der Waals surface area (Å²) in [7, 11) is 1.55. The van der Waals surface area contributed by atoms with Crippen molar-refractivity contribution in [2.24, 2.45) is 0 Å². The van der Waals surface area contributed by atoms with Crippen LogP contribution in [0.4, 0.5) is 11.4 Å². The van der Waals surface area contributed by atoms with Crippen LogP contribution in [0.15, 0.2) is 108 Å². The first-order valence-electron chi connectivity index (χ1n) is 13.9. The normalized spacial score (nSPS) is 11.8. The van der Waals surface area contributed by atoms with Crippen LogP contribution < -0.4 is 20.7 Å². The number of ether oxygens (including phenoxy) is 1. The molecule has 43 heavy (non-hydrogen) atoms. The lowest BCUT2D eigenvalue weighted by molar-refractivity contribution is -0.116. The summed E-state index contributed by atoms with van der Waals surface area (Å²) in [6.45, 7) is 5.93. The number of nitrogens with one attached hydrogen (secondary N) is 3. The second-order valence-corrected chi connectivity index (χ2v) is 11.2. The van der Waals surface area contributed by atoms with Crippen molar-refractivity contribution in [3.8, 4) is 5.75 Å². The van der Waals surface area contributed by atoms with Gasteiger partial charge < -0.3 is 20.7 Å². The maximum atomic E-state index is 13.5. The third kappa shape index (κ3) is 8.59. The lowest BCUT2D eigenvalue weighted by Crippen LogP contribution is -2.30. The number of amides is 3. The third-order valence-electron chi connectivity index (χ3n) is 6.65. The van der Waals surface area contributed by atoms with Crippen molar-refractivity contribution in [3.63, 3.8) is 0 Å². The average Bonchev–Trinajstić information content (AvgIpc) is 3.02. The van der Waals surface area contributed by atoms with Crippen molar-refractivity contribution < 1.29 is 19.1 Å². The van der Waals surface area contributed by atoms with Gasteiger partial charge in [-0.05, 0) is 79.9 Å². The van der Waals surface area contributed by atoms with Gasteiger partial charge >= 0.3 is 0 Å². The molecular weight excluding hydrogens is 558 g/mol. The van der Waals surface area contributed by atoms with E-state index in [-0.39, 0.29) is 16.9 Å². The molecule has 3 amide bonds. The molecule has 1 atom stereocenters. The van der Waals surface area contributed by atoms with Gasteiger partial charge in [0, 0.05) is 27.4 Å². The van der Waals surface area contributed by atoms with Crippen molar-refractivity contribution in [1.29, 1.82) is 0 Å². The molecule has 3 N–H and O–H groups in total. The zero-order valence-electron chi connectivity index (χ0n) is 24.6.